The minimum Gasteiger partial charge on any atom is -0.497 e. The van der Waals surface area contributed by atoms with Crippen molar-refractivity contribution in [1.29, 1.82) is 0 Å². The average Bonchev–Trinajstić information content (AvgIpc) is 3.08. The van der Waals surface area contributed by atoms with Crippen molar-refractivity contribution in [3.8, 4) is 5.75 Å². The summed E-state index contributed by atoms with van der Waals surface area (Å²) in [6.07, 6.45) is 4.00. The van der Waals surface area contributed by atoms with Crippen LogP contribution in [-0.2, 0) is 24.3 Å². The minimum absolute atomic E-state index is 0.0393. The predicted octanol–water partition coefficient (Wildman–Crippen LogP) is 2.80. The molecule has 5 nitrogen and oxygen atoms in total. The third kappa shape index (κ3) is 4.70. The zero-order valence-corrected chi connectivity index (χ0v) is 14.2. The fraction of sp³-hybridized carbons (Fsp3) is 0.200. The zero-order chi connectivity index (χ0) is 17.5. The number of ether oxygens (including phenoxy) is 1. The van der Waals surface area contributed by atoms with Crippen LogP contribution in [0.15, 0.2) is 67.0 Å². The number of benzene rings is 2. The molecule has 128 valence electrons. The van der Waals surface area contributed by atoms with Gasteiger partial charge in [-0.25, -0.2) is 4.98 Å². The van der Waals surface area contributed by atoms with Crippen molar-refractivity contribution in [2.45, 2.75) is 19.5 Å². The molecule has 0 aliphatic carbocycles. The average molecular weight is 335 g/mol. The van der Waals surface area contributed by atoms with Gasteiger partial charge in [0.05, 0.1) is 20.1 Å². The van der Waals surface area contributed by atoms with E-state index in [1.807, 2.05) is 53.2 Å². The lowest BCUT2D eigenvalue weighted by molar-refractivity contribution is -0.120. The van der Waals surface area contributed by atoms with Crippen molar-refractivity contribution in [2.24, 2.45) is 0 Å². The molecule has 0 aliphatic heterocycles. The van der Waals surface area contributed by atoms with Crippen molar-refractivity contribution >= 4 is 5.91 Å². The molecule has 0 spiro atoms. The highest BCUT2D eigenvalue weighted by atomic mass is 16.5. The number of carbonyl (C=O) groups excluding carboxylic acids is 1. The maximum atomic E-state index is 12.2. The molecule has 0 saturated heterocycles. The Morgan fingerprint density at radius 2 is 1.92 bits per heavy atom. The first-order chi connectivity index (χ1) is 12.2. The smallest absolute Gasteiger partial charge is 0.224 e. The van der Waals surface area contributed by atoms with Crippen LogP contribution in [0.4, 0.5) is 0 Å². The van der Waals surface area contributed by atoms with Gasteiger partial charge in [-0.1, -0.05) is 42.5 Å². The fourth-order valence-corrected chi connectivity index (χ4v) is 2.64. The third-order valence-corrected chi connectivity index (χ3v) is 3.94. The Bertz CT molecular complexity index is 828. The molecule has 0 bridgehead atoms. The van der Waals surface area contributed by atoms with Crippen LogP contribution in [0.25, 0.3) is 0 Å². The molecule has 0 unspecified atom stereocenters. The minimum atomic E-state index is -0.0393. The Morgan fingerprint density at radius 1 is 1.12 bits per heavy atom. The molecule has 0 radical (unpaired) electrons. The Labute approximate surface area is 147 Å². The summed E-state index contributed by atoms with van der Waals surface area (Å²) in [7, 11) is 1.62. The molecule has 0 fully saturated rings. The van der Waals surface area contributed by atoms with E-state index in [1.54, 1.807) is 13.3 Å². The highest BCUT2D eigenvalue weighted by Crippen LogP contribution is 2.13. The van der Waals surface area contributed by atoms with Gasteiger partial charge in [0.1, 0.15) is 11.6 Å². The Balaban J connectivity index is 1.56. The molecule has 1 amide bonds. The lowest BCUT2D eigenvalue weighted by atomic mass is 10.1. The standard InChI is InChI=1S/C20H21N3O2/c1-25-18-9-5-8-17(12-18)13-20(24)22-14-19-21-10-11-23(19)15-16-6-3-2-4-7-16/h2-12H,13-15H2,1H3,(H,22,24). The van der Waals surface area contributed by atoms with Crippen molar-refractivity contribution < 1.29 is 9.53 Å². The molecule has 25 heavy (non-hydrogen) atoms. The molecule has 0 aliphatic rings. The molecule has 2 aromatic carbocycles. The number of aromatic nitrogens is 2. The Morgan fingerprint density at radius 3 is 2.72 bits per heavy atom. The van der Waals surface area contributed by atoms with Crippen LogP contribution < -0.4 is 10.1 Å². The van der Waals surface area contributed by atoms with Crippen LogP contribution in [0.1, 0.15) is 17.0 Å². The fourth-order valence-electron chi connectivity index (χ4n) is 2.64. The van der Waals surface area contributed by atoms with Gasteiger partial charge >= 0.3 is 0 Å². The van der Waals surface area contributed by atoms with E-state index in [0.717, 1.165) is 23.7 Å². The number of amides is 1. The molecule has 1 aromatic heterocycles. The summed E-state index contributed by atoms with van der Waals surface area (Å²) in [5.41, 5.74) is 2.12. The number of carbonyl (C=O) groups is 1. The second-order valence-corrected chi connectivity index (χ2v) is 5.76. The predicted molar refractivity (Wildman–Crippen MR) is 96.3 cm³/mol. The second-order valence-electron chi connectivity index (χ2n) is 5.76. The van der Waals surface area contributed by atoms with E-state index in [1.165, 1.54) is 5.56 Å². The van der Waals surface area contributed by atoms with Gasteiger partial charge < -0.3 is 14.6 Å². The Hall–Kier alpha value is -3.08. The van der Waals surface area contributed by atoms with E-state index in [2.05, 4.69) is 22.4 Å². The summed E-state index contributed by atoms with van der Waals surface area (Å²) >= 11 is 0. The maximum absolute atomic E-state index is 12.2. The van der Waals surface area contributed by atoms with Gasteiger partial charge in [-0.05, 0) is 23.3 Å². The van der Waals surface area contributed by atoms with Crippen LogP contribution >= 0.6 is 0 Å². The molecule has 5 heteroatoms. The van der Waals surface area contributed by atoms with Crippen molar-refractivity contribution in [1.82, 2.24) is 14.9 Å². The van der Waals surface area contributed by atoms with Crippen molar-refractivity contribution in [2.75, 3.05) is 7.11 Å². The van der Waals surface area contributed by atoms with E-state index < -0.39 is 0 Å². The van der Waals surface area contributed by atoms with Crippen LogP contribution in [0.5, 0.6) is 5.75 Å². The van der Waals surface area contributed by atoms with E-state index in [0.29, 0.717) is 13.0 Å². The summed E-state index contributed by atoms with van der Waals surface area (Å²) in [5.74, 6) is 1.55. The van der Waals surface area contributed by atoms with E-state index in [-0.39, 0.29) is 5.91 Å². The number of nitrogens with one attached hydrogen (secondary N) is 1. The van der Waals surface area contributed by atoms with E-state index in [4.69, 9.17) is 4.74 Å². The number of methoxy groups -OCH3 is 1. The quantitative estimate of drug-likeness (QED) is 0.722. The highest BCUT2D eigenvalue weighted by Gasteiger charge is 2.08. The van der Waals surface area contributed by atoms with Crippen molar-refractivity contribution in [3.05, 3.63) is 83.9 Å². The molecule has 0 atom stereocenters. The molecule has 1 N–H and O–H groups in total. The monoisotopic (exact) mass is 335 g/mol. The summed E-state index contributed by atoms with van der Waals surface area (Å²) in [6.45, 7) is 1.14. The van der Waals surface area contributed by atoms with Crippen LogP contribution in [0, 0.1) is 0 Å². The highest BCUT2D eigenvalue weighted by molar-refractivity contribution is 5.78. The van der Waals surface area contributed by atoms with Gasteiger partial charge in [-0.2, -0.15) is 0 Å². The first kappa shape index (κ1) is 16.8. The second kappa shape index (κ2) is 8.15. The van der Waals surface area contributed by atoms with Gasteiger partial charge in [-0.3, -0.25) is 4.79 Å². The first-order valence-electron chi connectivity index (χ1n) is 8.18. The van der Waals surface area contributed by atoms with Crippen LogP contribution in [-0.4, -0.2) is 22.6 Å². The number of hydrogen-bond acceptors (Lipinski definition) is 3. The van der Waals surface area contributed by atoms with Crippen LogP contribution in [0.3, 0.4) is 0 Å². The summed E-state index contributed by atoms with van der Waals surface area (Å²) in [5, 5.41) is 2.93. The van der Waals surface area contributed by atoms with Gasteiger partial charge in [0.15, 0.2) is 0 Å². The molecule has 0 saturated carbocycles. The normalized spacial score (nSPS) is 10.4. The number of hydrogen-bond donors (Lipinski definition) is 1. The molecule has 3 aromatic rings. The van der Waals surface area contributed by atoms with E-state index >= 15 is 0 Å². The lowest BCUT2D eigenvalue weighted by Gasteiger charge is -2.10. The largest absolute Gasteiger partial charge is 0.497 e. The molecule has 3 rings (SSSR count). The maximum Gasteiger partial charge on any atom is 0.224 e. The summed E-state index contributed by atoms with van der Waals surface area (Å²) < 4.78 is 7.23. The van der Waals surface area contributed by atoms with Crippen LogP contribution in [0.2, 0.25) is 0 Å². The number of imidazole rings is 1. The Kier molecular flexibility index (Phi) is 5.46. The molecular weight excluding hydrogens is 314 g/mol. The summed E-state index contributed by atoms with van der Waals surface area (Å²) in [4.78, 5) is 16.5. The summed E-state index contributed by atoms with van der Waals surface area (Å²) in [6, 6.07) is 17.7. The SMILES string of the molecule is COc1cccc(CC(=O)NCc2nccn2Cc2ccccc2)c1. The molecule has 1 heterocycles. The third-order valence-electron chi connectivity index (χ3n) is 3.94. The van der Waals surface area contributed by atoms with Gasteiger partial charge in [0.2, 0.25) is 5.91 Å². The van der Waals surface area contributed by atoms with Gasteiger partial charge in [-0.15, -0.1) is 0 Å². The number of rotatable bonds is 7. The van der Waals surface area contributed by atoms with Gasteiger partial charge in [0.25, 0.3) is 0 Å². The topological polar surface area (TPSA) is 56.1 Å². The van der Waals surface area contributed by atoms with E-state index in [9.17, 15) is 4.79 Å². The lowest BCUT2D eigenvalue weighted by Crippen LogP contribution is -2.26. The first-order valence-corrected chi connectivity index (χ1v) is 8.18. The zero-order valence-electron chi connectivity index (χ0n) is 14.2. The number of nitrogens with zero attached hydrogens (tertiary/aromatic N) is 2. The molecular formula is C20H21N3O2. The van der Waals surface area contributed by atoms with Gasteiger partial charge in [0, 0.05) is 18.9 Å². The van der Waals surface area contributed by atoms with Crippen molar-refractivity contribution in [3.63, 3.8) is 0 Å².